The molecule has 0 atom stereocenters. The Morgan fingerprint density at radius 1 is 0.960 bits per heavy atom. The van der Waals surface area contributed by atoms with Crippen molar-refractivity contribution < 1.29 is 4.79 Å². The van der Waals surface area contributed by atoms with Crippen LogP contribution in [0.2, 0.25) is 10.0 Å². The van der Waals surface area contributed by atoms with E-state index in [2.05, 4.69) is 20.6 Å². The Morgan fingerprint density at radius 3 is 2.24 bits per heavy atom. The molecule has 3 rings (SSSR count). The number of carbonyl (C=O) groups excluding carboxylic acids is 1. The highest BCUT2D eigenvalue weighted by atomic mass is 35.5. The first-order chi connectivity index (χ1) is 12.0. The number of rotatable bonds is 4. The van der Waals surface area contributed by atoms with Crippen LogP contribution in [0.1, 0.15) is 15.9 Å². The van der Waals surface area contributed by atoms with Crippen molar-refractivity contribution in [3.05, 3.63) is 76.0 Å². The maximum atomic E-state index is 12.2. The van der Waals surface area contributed by atoms with Gasteiger partial charge in [0, 0.05) is 33.8 Å². The molecule has 1 heterocycles. The van der Waals surface area contributed by atoms with Gasteiger partial charge < -0.3 is 10.6 Å². The third-order valence-electron chi connectivity index (χ3n) is 3.44. The van der Waals surface area contributed by atoms with Crippen LogP contribution in [0.5, 0.6) is 0 Å². The van der Waals surface area contributed by atoms with E-state index in [1.165, 1.54) is 12.4 Å². The van der Waals surface area contributed by atoms with Gasteiger partial charge >= 0.3 is 0 Å². The lowest BCUT2D eigenvalue weighted by Gasteiger charge is -2.08. The molecule has 0 saturated heterocycles. The van der Waals surface area contributed by atoms with E-state index in [1.54, 1.807) is 30.3 Å². The van der Waals surface area contributed by atoms with Gasteiger partial charge in [0.1, 0.15) is 0 Å². The predicted molar refractivity (Wildman–Crippen MR) is 101 cm³/mol. The summed E-state index contributed by atoms with van der Waals surface area (Å²) in [5.74, 6) is 0.0789. The molecular weight excluding hydrogens is 359 g/mol. The highest BCUT2D eigenvalue weighted by Crippen LogP contribution is 2.22. The van der Waals surface area contributed by atoms with Gasteiger partial charge in [-0.15, -0.1) is 0 Å². The smallest absolute Gasteiger partial charge is 0.258 e. The molecule has 0 radical (unpaired) electrons. The average molecular weight is 373 g/mol. The van der Waals surface area contributed by atoms with E-state index >= 15 is 0 Å². The van der Waals surface area contributed by atoms with Crippen molar-refractivity contribution >= 4 is 46.4 Å². The second-order valence-corrected chi connectivity index (χ2v) is 6.19. The maximum Gasteiger partial charge on any atom is 0.258 e. The summed E-state index contributed by atoms with van der Waals surface area (Å²) in [5, 5.41) is 7.05. The highest BCUT2D eigenvalue weighted by molar-refractivity contribution is 6.31. The topological polar surface area (TPSA) is 66.9 Å². The number of carbonyl (C=O) groups is 1. The molecule has 2 N–H and O–H groups in total. The third-order valence-corrected chi connectivity index (χ3v) is 4.10. The van der Waals surface area contributed by atoms with Crippen molar-refractivity contribution in [1.82, 2.24) is 9.97 Å². The molecular formula is C18H14Cl2N4O. The van der Waals surface area contributed by atoms with E-state index < -0.39 is 0 Å². The molecule has 0 unspecified atom stereocenters. The molecule has 3 aromatic rings. The molecule has 25 heavy (non-hydrogen) atoms. The van der Waals surface area contributed by atoms with Crippen molar-refractivity contribution in [2.75, 3.05) is 10.6 Å². The van der Waals surface area contributed by atoms with E-state index in [0.717, 1.165) is 11.3 Å². The second-order valence-electron chi connectivity index (χ2n) is 5.35. The van der Waals surface area contributed by atoms with Crippen LogP contribution in [0.4, 0.5) is 17.3 Å². The Bertz CT molecular complexity index is 896. The Kier molecular flexibility index (Phi) is 5.16. The first-order valence-electron chi connectivity index (χ1n) is 7.43. The van der Waals surface area contributed by atoms with Gasteiger partial charge in [0.25, 0.3) is 5.91 Å². The minimum absolute atomic E-state index is 0.299. The largest absolute Gasteiger partial charge is 0.324 e. The quantitative estimate of drug-likeness (QED) is 0.669. The molecule has 5 nitrogen and oxygen atoms in total. The van der Waals surface area contributed by atoms with Crippen LogP contribution < -0.4 is 10.6 Å². The summed E-state index contributed by atoms with van der Waals surface area (Å²) in [5.41, 5.74) is 2.75. The van der Waals surface area contributed by atoms with Crippen molar-refractivity contribution in [1.29, 1.82) is 0 Å². The van der Waals surface area contributed by atoms with Gasteiger partial charge in [0.05, 0.1) is 5.56 Å². The van der Waals surface area contributed by atoms with Crippen LogP contribution in [0.15, 0.2) is 54.9 Å². The number of amides is 1. The fourth-order valence-electron chi connectivity index (χ4n) is 2.05. The van der Waals surface area contributed by atoms with E-state index in [1.807, 2.05) is 19.1 Å². The molecule has 0 aliphatic rings. The summed E-state index contributed by atoms with van der Waals surface area (Å²) in [6, 6.07) is 12.4. The molecule has 0 fully saturated rings. The Labute approximate surface area is 155 Å². The monoisotopic (exact) mass is 372 g/mol. The normalized spacial score (nSPS) is 10.4. The van der Waals surface area contributed by atoms with Gasteiger partial charge in [-0.2, -0.15) is 0 Å². The fraction of sp³-hybridized carbons (Fsp3) is 0.0556. The molecule has 126 valence electrons. The van der Waals surface area contributed by atoms with Crippen LogP contribution in [0, 0.1) is 6.92 Å². The molecule has 0 spiro atoms. The summed E-state index contributed by atoms with van der Waals surface area (Å²) >= 11 is 11.9. The van der Waals surface area contributed by atoms with Crippen molar-refractivity contribution in [2.45, 2.75) is 6.92 Å². The summed E-state index contributed by atoms with van der Waals surface area (Å²) in [6.45, 7) is 1.93. The first kappa shape index (κ1) is 17.2. The zero-order valence-corrected chi connectivity index (χ0v) is 14.8. The predicted octanol–water partition coefficient (Wildman–Crippen LogP) is 5.09. The lowest BCUT2D eigenvalue weighted by Crippen LogP contribution is -2.13. The number of hydrogen-bond acceptors (Lipinski definition) is 4. The van der Waals surface area contributed by atoms with Gasteiger partial charge in [-0.3, -0.25) is 4.79 Å². The van der Waals surface area contributed by atoms with Crippen molar-refractivity contribution in [2.24, 2.45) is 0 Å². The Hall–Kier alpha value is -2.63. The number of anilines is 3. The summed E-state index contributed by atoms with van der Waals surface area (Å²) in [7, 11) is 0. The number of aryl methyl sites for hydroxylation is 1. The molecule has 2 aromatic carbocycles. The van der Waals surface area contributed by atoms with Crippen LogP contribution in [0.3, 0.4) is 0 Å². The van der Waals surface area contributed by atoms with E-state index in [9.17, 15) is 4.79 Å². The van der Waals surface area contributed by atoms with Gasteiger partial charge in [-0.1, -0.05) is 29.3 Å². The van der Waals surface area contributed by atoms with E-state index in [0.29, 0.717) is 27.2 Å². The number of halogens is 2. The first-order valence-corrected chi connectivity index (χ1v) is 8.19. The number of aromatic nitrogens is 2. The van der Waals surface area contributed by atoms with Crippen molar-refractivity contribution in [3.63, 3.8) is 0 Å². The molecule has 0 aliphatic heterocycles. The van der Waals surface area contributed by atoms with E-state index in [-0.39, 0.29) is 5.91 Å². The Morgan fingerprint density at radius 2 is 1.60 bits per heavy atom. The van der Waals surface area contributed by atoms with Gasteiger partial charge in [-0.05, 0) is 48.9 Å². The standard InChI is InChI=1S/C18H14Cl2N4O/c1-11-2-5-15(8-16(11)20)24-18-21-9-12(10-22-18)17(25)23-14-6-3-13(19)4-7-14/h2-10H,1H3,(H,23,25)(H,21,22,24). The molecule has 0 bridgehead atoms. The number of nitrogens with one attached hydrogen (secondary N) is 2. The van der Waals surface area contributed by atoms with Crippen LogP contribution >= 0.6 is 23.2 Å². The zero-order chi connectivity index (χ0) is 17.8. The average Bonchev–Trinajstić information content (AvgIpc) is 2.61. The SMILES string of the molecule is Cc1ccc(Nc2ncc(C(=O)Nc3ccc(Cl)cc3)cn2)cc1Cl. The summed E-state index contributed by atoms with van der Waals surface area (Å²) < 4.78 is 0. The minimum Gasteiger partial charge on any atom is -0.324 e. The van der Waals surface area contributed by atoms with Gasteiger partial charge in [0.2, 0.25) is 5.95 Å². The third kappa shape index (κ3) is 4.47. The fourth-order valence-corrected chi connectivity index (χ4v) is 2.35. The molecule has 1 amide bonds. The highest BCUT2D eigenvalue weighted by Gasteiger charge is 2.08. The summed E-state index contributed by atoms with van der Waals surface area (Å²) in [4.78, 5) is 20.5. The number of nitrogens with zero attached hydrogens (tertiary/aromatic N) is 2. The molecule has 0 saturated carbocycles. The van der Waals surface area contributed by atoms with Crippen molar-refractivity contribution in [3.8, 4) is 0 Å². The summed E-state index contributed by atoms with van der Waals surface area (Å²) in [6.07, 6.45) is 2.91. The minimum atomic E-state index is -0.299. The zero-order valence-electron chi connectivity index (χ0n) is 13.3. The second kappa shape index (κ2) is 7.51. The molecule has 1 aromatic heterocycles. The number of hydrogen-bond donors (Lipinski definition) is 2. The number of benzene rings is 2. The lowest BCUT2D eigenvalue weighted by molar-refractivity contribution is 0.102. The van der Waals surface area contributed by atoms with Crippen LogP contribution in [-0.4, -0.2) is 15.9 Å². The van der Waals surface area contributed by atoms with E-state index in [4.69, 9.17) is 23.2 Å². The Balaban J connectivity index is 1.67. The van der Waals surface area contributed by atoms with Crippen LogP contribution in [0.25, 0.3) is 0 Å². The maximum absolute atomic E-state index is 12.2. The van der Waals surface area contributed by atoms with Gasteiger partial charge in [-0.25, -0.2) is 9.97 Å². The van der Waals surface area contributed by atoms with Crippen LogP contribution in [-0.2, 0) is 0 Å². The van der Waals surface area contributed by atoms with Gasteiger partial charge in [0.15, 0.2) is 0 Å². The molecule has 0 aliphatic carbocycles. The lowest BCUT2D eigenvalue weighted by atomic mass is 10.2. The molecule has 7 heteroatoms.